The van der Waals surface area contributed by atoms with Crippen LogP contribution in [0.3, 0.4) is 0 Å². The number of nitrogens with zero attached hydrogens (tertiary/aromatic N) is 1. The zero-order chi connectivity index (χ0) is 14.5. The van der Waals surface area contributed by atoms with Crippen molar-refractivity contribution in [3.05, 3.63) is 35.4 Å². The van der Waals surface area contributed by atoms with Crippen LogP contribution in [-0.4, -0.2) is 29.9 Å². The van der Waals surface area contributed by atoms with Crippen molar-refractivity contribution >= 4 is 5.91 Å². The molecule has 2 N–H and O–H groups in total. The minimum Gasteiger partial charge on any atom is -0.340 e. The number of rotatable bonds is 5. The predicted molar refractivity (Wildman–Crippen MR) is 82.6 cm³/mol. The van der Waals surface area contributed by atoms with E-state index in [1.54, 1.807) is 0 Å². The lowest BCUT2D eigenvalue weighted by atomic mass is 9.82. The van der Waals surface area contributed by atoms with Gasteiger partial charge in [0.15, 0.2) is 0 Å². The summed E-state index contributed by atoms with van der Waals surface area (Å²) in [7, 11) is 0. The van der Waals surface area contributed by atoms with Crippen molar-refractivity contribution in [1.82, 2.24) is 4.90 Å². The number of nitrogens with two attached hydrogens (primary N) is 1. The van der Waals surface area contributed by atoms with Crippen LogP contribution in [0, 0.1) is 0 Å². The summed E-state index contributed by atoms with van der Waals surface area (Å²) in [4.78, 5) is 14.9. The average Bonchev–Trinajstić information content (AvgIpc) is 2.46. The van der Waals surface area contributed by atoms with Crippen LogP contribution in [0.25, 0.3) is 0 Å². The lowest BCUT2D eigenvalue weighted by molar-refractivity contribution is -0.135. The number of fused-ring (bicyclic) bond motifs is 1. The highest BCUT2D eigenvalue weighted by atomic mass is 16.2. The molecule has 1 atom stereocenters. The van der Waals surface area contributed by atoms with Gasteiger partial charge in [-0.25, -0.2) is 0 Å². The molecule has 0 aromatic heterocycles. The number of hydrogen-bond donors (Lipinski definition) is 1. The predicted octanol–water partition coefficient (Wildman–Crippen LogP) is 2.69. The molecular formula is C17H26N2O. The Bertz CT molecular complexity index is 456. The number of carbonyl (C=O) groups excluding carboxylic acids is 1. The molecule has 1 aromatic rings. The average molecular weight is 274 g/mol. The third-order valence-electron chi connectivity index (χ3n) is 4.18. The first-order valence-corrected chi connectivity index (χ1v) is 7.73. The van der Waals surface area contributed by atoms with Gasteiger partial charge in [0.25, 0.3) is 0 Å². The zero-order valence-corrected chi connectivity index (χ0v) is 12.6. The zero-order valence-electron chi connectivity index (χ0n) is 12.6. The van der Waals surface area contributed by atoms with Crippen LogP contribution in [0.5, 0.6) is 0 Å². The second kappa shape index (κ2) is 6.89. The van der Waals surface area contributed by atoms with Gasteiger partial charge in [-0.1, -0.05) is 24.3 Å². The van der Waals surface area contributed by atoms with Gasteiger partial charge < -0.3 is 10.6 Å². The maximum atomic E-state index is 12.9. The minimum absolute atomic E-state index is 0.0418. The van der Waals surface area contributed by atoms with Crippen LogP contribution in [0.2, 0.25) is 0 Å². The molecule has 1 aromatic carbocycles. The number of benzene rings is 1. The third kappa shape index (κ3) is 3.21. The fourth-order valence-electron chi connectivity index (χ4n) is 3.10. The summed E-state index contributed by atoms with van der Waals surface area (Å²) in [6.07, 6.45) is 4.06. The molecule has 0 saturated heterocycles. The molecule has 1 amide bonds. The molecule has 0 saturated carbocycles. The summed E-state index contributed by atoms with van der Waals surface area (Å²) in [6.45, 7) is 5.58. The summed E-state index contributed by atoms with van der Waals surface area (Å²) >= 11 is 0. The quantitative estimate of drug-likeness (QED) is 0.897. The standard InChI is InChI=1S/C17H26N2O/c1-13(2)19(12-6-11-18)17(20)16-10-5-8-14-7-3-4-9-15(14)16/h3-4,7,9,13,16H,5-6,8,10-12,18H2,1-2H3. The van der Waals surface area contributed by atoms with Crippen LogP contribution < -0.4 is 5.73 Å². The largest absolute Gasteiger partial charge is 0.340 e. The van der Waals surface area contributed by atoms with Gasteiger partial charge in [-0.2, -0.15) is 0 Å². The number of amides is 1. The highest BCUT2D eigenvalue weighted by Gasteiger charge is 2.30. The van der Waals surface area contributed by atoms with Gasteiger partial charge in [-0.3, -0.25) is 4.79 Å². The van der Waals surface area contributed by atoms with E-state index in [0.29, 0.717) is 6.54 Å². The maximum absolute atomic E-state index is 12.9. The van der Waals surface area contributed by atoms with Gasteiger partial charge >= 0.3 is 0 Å². The normalized spacial score (nSPS) is 17.9. The van der Waals surface area contributed by atoms with Gasteiger partial charge in [-0.05, 0) is 57.2 Å². The van der Waals surface area contributed by atoms with E-state index in [-0.39, 0.29) is 17.9 Å². The third-order valence-corrected chi connectivity index (χ3v) is 4.18. The van der Waals surface area contributed by atoms with Crippen molar-refractivity contribution in [3.8, 4) is 0 Å². The fraction of sp³-hybridized carbons (Fsp3) is 0.588. The minimum atomic E-state index is 0.0418. The number of aryl methyl sites for hydroxylation is 1. The molecule has 20 heavy (non-hydrogen) atoms. The summed E-state index contributed by atoms with van der Waals surface area (Å²) in [6, 6.07) is 8.64. The fourth-order valence-corrected chi connectivity index (χ4v) is 3.10. The number of hydrogen-bond acceptors (Lipinski definition) is 2. The van der Waals surface area contributed by atoms with E-state index in [4.69, 9.17) is 5.73 Å². The molecule has 0 spiro atoms. The highest BCUT2D eigenvalue weighted by molar-refractivity contribution is 5.84. The molecule has 110 valence electrons. The first-order chi connectivity index (χ1) is 9.65. The van der Waals surface area contributed by atoms with Crippen molar-refractivity contribution in [3.63, 3.8) is 0 Å². The Labute approximate surface area is 122 Å². The molecule has 3 nitrogen and oxygen atoms in total. The Morgan fingerprint density at radius 3 is 2.85 bits per heavy atom. The lowest BCUT2D eigenvalue weighted by Crippen LogP contribution is -2.42. The first-order valence-electron chi connectivity index (χ1n) is 7.73. The van der Waals surface area contributed by atoms with E-state index in [0.717, 1.165) is 32.2 Å². The van der Waals surface area contributed by atoms with E-state index < -0.39 is 0 Å². The Hall–Kier alpha value is -1.35. The van der Waals surface area contributed by atoms with E-state index in [2.05, 4.69) is 32.0 Å². The van der Waals surface area contributed by atoms with Crippen molar-refractivity contribution in [2.45, 2.75) is 51.5 Å². The van der Waals surface area contributed by atoms with Crippen molar-refractivity contribution < 1.29 is 4.79 Å². The van der Waals surface area contributed by atoms with Gasteiger partial charge in [-0.15, -0.1) is 0 Å². The molecule has 3 heteroatoms. The molecule has 1 aliphatic carbocycles. The maximum Gasteiger partial charge on any atom is 0.230 e. The van der Waals surface area contributed by atoms with E-state index in [1.807, 2.05) is 11.0 Å². The molecule has 0 aliphatic heterocycles. The lowest BCUT2D eigenvalue weighted by Gasteiger charge is -2.33. The second-order valence-corrected chi connectivity index (χ2v) is 5.91. The Morgan fingerprint density at radius 2 is 2.15 bits per heavy atom. The van der Waals surface area contributed by atoms with Crippen LogP contribution in [0.15, 0.2) is 24.3 Å². The molecule has 0 fully saturated rings. The summed E-state index contributed by atoms with van der Waals surface area (Å²) in [5.74, 6) is 0.320. The van der Waals surface area contributed by atoms with Crippen LogP contribution in [-0.2, 0) is 11.2 Å². The first kappa shape index (κ1) is 15.0. The molecule has 1 unspecified atom stereocenters. The van der Waals surface area contributed by atoms with E-state index in [9.17, 15) is 4.79 Å². The van der Waals surface area contributed by atoms with Crippen molar-refractivity contribution in [2.75, 3.05) is 13.1 Å². The second-order valence-electron chi connectivity index (χ2n) is 5.91. The molecule has 0 heterocycles. The SMILES string of the molecule is CC(C)N(CCCN)C(=O)C1CCCc2ccccc21. The Morgan fingerprint density at radius 1 is 1.40 bits per heavy atom. The monoisotopic (exact) mass is 274 g/mol. The molecule has 0 bridgehead atoms. The summed E-state index contributed by atoms with van der Waals surface area (Å²) in [5, 5.41) is 0. The highest BCUT2D eigenvalue weighted by Crippen LogP contribution is 2.33. The number of carbonyl (C=O) groups is 1. The van der Waals surface area contributed by atoms with Gasteiger partial charge in [0.2, 0.25) is 5.91 Å². The smallest absolute Gasteiger partial charge is 0.230 e. The van der Waals surface area contributed by atoms with Crippen LogP contribution >= 0.6 is 0 Å². The van der Waals surface area contributed by atoms with Gasteiger partial charge in [0, 0.05) is 12.6 Å². The Kier molecular flexibility index (Phi) is 5.18. The molecule has 0 radical (unpaired) electrons. The van der Waals surface area contributed by atoms with Crippen molar-refractivity contribution in [1.29, 1.82) is 0 Å². The summed E-state index contributed by atoms with van der Waals surface area (Å²) in [5.41, 5.74) is 8.18. The summed E-state index contributed by atoms with van der Waals surface area (Å²) < 4.78 is 0. The van der Waals surface area contributed by atoms with Crippen molar-refractivity contribution in [2.24, 2.45) is 5.73 Å². The molecular weight excluding hydrogens is 248 g/mol. The van der Waals surface area contributed by atoms with Crippen LogP contribution in [0.4, 0.5) is 0 Å². The topological polar surface area (TPSA) is 46.3 Å². The van der Waals surface area contributed by atoms with Crippen LogP contribution in [0.1, 0.15) is 50.2 Å². The van der Waals surface area contributed by atoms with Gasteiger partial charge in [0.05, 0.1) is 5.92 Å². The van der Waals surface area contributed by atoms with E-state index in [1.165, 1.54) is 11.1 Å². The van der Waals surface area contributed by atoms with Gasteiger partial charge in [0.1, 0.15) is 0 Å². The molecule has 2 rings (SSSR count). The van der Waals surface area contributed by atoms with E-state index >= 15 is 0 Å². The molecule has 1 aliphatic rings. The Balaban J connectivity index is 2.20.